The fraction of sp³-hybridized carbons (Fsp3) is 0.324. The summed E-state index contributed by atoms with van der Waals surface area (Å²) >= 11 is 0. The Hall–Kier alpha value is -4.43. The van der Waals surface area contributed by atoms with E-state index in [-0.39, 0.29) is 18.4 Å². The first kappa shape index (κ1) is 27.7. The highest BCUT2D eigenvalue weighted by atomic mass is 16.5. The first-order valence-corrected chi connectivity index (χ1v) is 14.5. The van der Waals surface area contributed by atoms with Crippen LogP contribution in [0.2, 0.25) is 0 Å². The van der Waals surface area contributed by atoms with Crippen molar-refractivity contribution in [2.24, 2.45) is 5.92 Å². The number of amides is 2. The van der Waals surface area contributed by atoms with Gasteiger partial charge in [0.05, 0.1) is 5.92 Å². The molecule has 8 nitrogen and oxygen atoms in total. The monoisotopic (exact) mass is 565 g/mol. The summed E-state index contributed by atoms with van der Waals surface area (Å²) in [5, 5.41) is 15.3. The second-order valence-electron chi connectivity index (χ2n) is 11.4. The van der Waals surface area contributed by atoms with Crippen molar-refractivity contribution in [2.75, 3.05) is 19.7 Å². The Morgan fingerprint density at radius 3 is 2.10 bits per heavy atom. The minimum Gasteiger partial charge on any atom is -0.481 e. The van der Waals surface area contributed by atoms with E-state index in [4.69, 9.17) is 4.74 Å². The van der Waals surface area contributed by atoms with E-state index < -0.39 is 29.6 Å². The van der Waals surface area contributed by atoms with Crippen LogP contribution in [-0.2, 0) is 20.9 Å². The number of ether oxygens (including phenoxy) is 1. The largest absolute Gasteiger partial charge is 0.481 e. The molecular weight excluding hydrogens is 530 g/mol. The van der Waals surface area contributed by atoms with E-state index in [9.17, 15) is 19.5 Å². The van der Waals surface area contributed by atoms with Gasteiger partial charge in [0.1, 0.15) is 12.1 Å². The highest BCUT2D eigenvalue weighted by molar-refractivity contribution is 5.91. The predicted molar refractivity (Wildman–Crippen MR) is 159 cm³/mol. The van der Waals surface area contributed by atoms with E-state index in [2.05, 4.69) is 51.9 Å². The van der Waals surface area contributed by atoms with Crippen LogP contribution < -0.4 is 10.6 Å². The Morgan fingerprint density at radius 1 is 0.857 bits per heavy atom. The van der Waals surface area contributed by atoms with Crippen molar-refractivity contribution < 1.29 is 24.2 Å². The number of likely N-dealkylation sites (tertiary alicyclic amines) is 1. The van der Waals surface area contributed by atoms with E-state index in [0.29, 0.717) is 32.4 Å². The van der Waals surface area contributed by atoms with Crippen LogP contribution in [0.1, 0.15) is 41.9 Å². The molecule has 1 saturated heterocycles. The molecule has 0 saturated carbocycles. The van der Waals surface area contributed by atoms with E-state index in [1.807, 2.05) is 42.5 Å². The van der Waals surface area contributed by atoms with Crippen LogP contribution >= 0.6 is 0 Å². The molecule has 0 bridgehead atoms. The number of carboxylic acids is 1. The topological polar surface area (TPSA) is 108 Å². The van der Waals surface area contributed by atoms with Crippen LogP contribution in [0.15, 0.2) is 91.0 Å². The summed E-state index contributed by atoms with van der Waals surface area (Å²) in [7, 11) is 0. The summed E-state index contributed by atoms with van der Waals surface area (Å²) in [4.78, 5) is 40.8. The lowest BCUT2D eigenvalue weighted by molar-refractivity contribution is -0.140. The number of carbonyl (C=O) groups excluding carboxylic acids is 2. The minimum absolute atomic E-state index is 0.0859. The van der Waals surface area contributed by atoms with Gasteiger partial charge in [-0.15, -0.1) is 0 Å². The van der Waals surface area contributed by atoms with E-state index in [1.54, 1.807) is 12.2 Å². The SMILES string of the molecule is O=C(NC1(C(=O)NC2C=CC(C(=O)O)C2)CCN(Cc2ccccc2)CC1)OCC1c2ccccc2-c2ccccc21. The van der Waals surface area contributed by atoms with Gasteiger partial charge in [-0.2, -0.15) is 0 Å². The van der Waals surface area contributed by atoms with Gasteiger partial charge in [0.25, 0.3) is 0 Å². The fourth-order valence-electron chi connectivity index (χ4n) is 6.47. The number of hydrogen-bond donors (Lipinski definition) is 3. The number of piperidine rings is 1. The molecule has 0 aromatic heterocycles. The number of fused-ring (bicyclic) bond motifs is 3. The van der Waals surface area contributed by atoms with Crippen molar-refractivity contribution in [3.05, 3.63) is 108 Å². The Bertz CT molecular complexity index is 1450. The molecule has 8 heteroatoms. The summed E-state index contributed by atoms with van der Waals surface area (Å²) in [6, 6.07) is 26.1. The number of benzene rings is 3. The number of nitrogens with zero attached hydrogens (tertiary/aromatic N) is 1. The molecule has 3 N–H and O–H groups in total. The summed E-state index contributed by atoms with van der Waals surface area (Å²) in [5.74, 6) is -1.94. The number of aliphatic carboxylic acids is 1. The van der Waals surface area contributed by atoms with Gasteiger partial charge in [0.15, 0.2) is 0 Å². The highest BCUT2D eigenvalue weighted by Gasteiger charge is 2.44. The third-order valence-electron chi connectivity index (χ3n) is 8.80. The Labute approximate surface area is 245 Å². The quantitative estimate of drug-likeness (QED) is 0.342. The molecule has 3 aliphatic rings. The van der Waals surface area contributed by atoms with Gasteiger partial charge >= 0.3 is 12.1 Å². The number of alkyl carbamates (subject to hydrolysis) is 1. The van der Waals surface area contributed by atoms with Crippen molar-refractivity contribution >= 4 is 18.0 Å². The average Bonchev–Trinajstić information content (AvgIpc) is 3.61. The molecule has 1 heterocycles. The van der Waals surface area contributed by atoms with Crippen molar-refractivity contribution in [1.82, 2.24) is 15.5 Å². The number of hydrogen-bond acceptors (Lipinski definition) is 5. The number of carbonyl (C=O) groups is 3. The lowest BCUT2D eigenvalue weighted by Crippen LogP contribution is -2.64. The number of carboxylic acid groups (broad SMARTS) is 1. The van der Waals surface area contributed by atoms with Crippen molar-refractivity contribution in [1.29, 1.82) is 0 Å². The third kappa shape index (κ3) is 5.67. The zero-order valence-corrected chi connectivity index (χ0v) is 23.4. The maximum absolute atomic E-state index is 13.8. The summed E-state index contributed by atoms with van der Waals surface area (Å²) < 4.78 is 5.82. The third-order valence-corrected chi connectivity index (χ3v) is 8.80. The van der Waals surface area contributed by atoms with Gasteiger partial charge < -0.3 is 20.5 Å². The lowest BCUT2D eigenvalue weighted by atomic mass is 9.86. The van der Waals surface area contributed by atoms with Crippen molar-refractivity contribution in [2.45, 2.75) is 43.3 Å². The second-order valence-corrected chi connectivity index (χ2v) is 11.4. The van der Waals surface area contributed by atoms with Gasteiger partial charge in [0.2, 0.25) is 5.91 Å². The van der Waals surface area contributed by atoms with Gasteiger partial charge in [-0.1, -0.05) is 91.0 Å². The normalized spacial score (nSPS) is 20.9. The zero-order chi connectivity index (χ0) is 29.1. The maximum atomic E-state index is 13.8. The smallest absolute Gasteiger partial charge is 0.408 e. The van der Waals surface area contributed by atoms with Crippen LogP contribution in [0.4, 0.5) is 4.79 Å². The molecule has 0 spiro atoms. The molecule has 1 aliphatic heterocycles. The summed E-state index contributed by atoms with van der Waals surface area (Å²) in [6.07, 6.45) is 3.82. The summed E-state index contributed by atoms with van der Waals surface area (Å²) in [5.41, 5.74) is 4.56. The van der Waals surface area contributed by atoms with Crippen LogP contribution in [-0.4, -0.2) is 59.3 Å². The molecule has 216 valence electrons. The molecule has 0 radical (unpaired) electrons. The lowest BCUT2D eigenvalue weighted by Gasteiger charge is -2.41. The van der Waals surface area contributed by atoms with Crippen LogP contribution in [0.5, 0.6) is 0 Å². The minimum atomic E-state index is -1.16. The van der Waals surface area contributed by atoms with E-state index in [0.717, 1.165) is 28.8 Å². The van der Waals surface area contributed by atoms with Crippen LogP contribution in [0.3, 0.4) is 0 Å². The molecule has 6 rings (SSSR count). The van der Waals surface area contributed by atoms with Gasteiger partial charge in [-0.05, 0) is 47.1 Å². The van der Waals surface area contributed by atoms with Gasteiger partial charge in [-0.3, -0.25) is 14.5 Å². The van der Waals surface area contributed by atoms with Gasteiger partial charge in [0, 0.05) is 31.6 Å². The Morgan fingerprint density at radius 2 is 1.48 bits per heavy atom. The van der Waals surface area contributed by atoms with Crippen molar-refractivity contribution in [3.8, 4) is 11.1 Å². The van der Waals surface area contributed by atoms with Crippen LogP contribution in [0, 0.1) is 5.92 Å². The molecule has 3 aromatic rings. The molecular formula is C34H35N3O5. The fourth-order valence-corrected chi connectivity index (χ4v) is 6.47. The standard InChI is InChI=1S/C34H35N3O5/c38-31(39)24-14-15-25(20-24)35-32(40)34(16-18-37(19-17-34)21-23-8-2-1-3-9-23)36-33(41)42-22-30-28-12-6-4-10-26(28)27-11-5-7-13-29(27)30/h1-15,24-25,30H,16-22H2,(H,35,40)(H,36,41)(H,38,39). The molecule has 2 aliphatic carbocycles. The molecule has 1 fully saturated rings. The molecule has 42 heavy (non-hydrogen) atoms. The van der Waals surface area contributed by atoms with Crippen LogP contribution in [0.25, 0.3) is 11.1 Å². The highest BCUT2D eigenvalue weighted by Crippen LogP contribution is 2.44. The van der Waals surface area contributed by atoms with E-state index >= 15 is 0 Å². The summed E-state index contributed by atoms with van der Waals surface area (Å²) in [6.45, 7) is 2.15. The first-order valence-electron chi connectivity index (χ1n) is 14.5. The van der Waals surface area contributed by atoms with E-state index in [1.165, 1.54) is 5.56 Å². The molecule has 2 atom stereocenters. The Kier molecular flexibility index (Phi) is 7.80. The second kappa shape index (κ2) is 11.8. The molecule has 2 amide bonds. The zero-order valence-electron chi connectivity index (χ0n) is 23.4. The molecule has 3 aromatic carbocycles. The average molecular weight is 566 g/mol. The first-order chi connectivity index (χ1) is 20.4. The predicted octanol–water partition coefficient (Wildman–Crippen LogP) is 4.71. The number of nitrogens with one attached hydrogen (secondary N) is 2. The number of rotatable bonds is 8. The molecule has 2 unspecified atom stereocenters. The van der Waals surface area contributed by atoms with Gasteiger partial charge in [-0.25, -0.2) is 4.79 Å². The van der Waals surface area contributed by atoms with Crippen molar-refractivity contribution in [3.63, 3.8) is 0 Å². The maximum Gasteiger partial charge on any atom is 0.408 e. The Balaban J connectivity index is 1.14.